The monoisotopic (exact) mass is 244 g/mol. The van der Waals surface area contributed by atoms with Crippen molar-refractivity contribution in [3.05, 3.63) is 48.0 Å². The van der Waals surface area contributed by atoms with Crippen LogP contribution in [-0.2, 0) is 9.53 Å². The van der Waals surface area contributed by atoms with Crippen LogP contribution in [0.25, 0.3) is 0 Å². The van der Waals surface area contributed by atoms with Crippen molar-refractivity contribution >= 4 is 11.8 Å². The number of carbonyl (C=O) groups is 2. The van der Waals surface area contributed by atoms with E-state index in [4.69, 9.17) is 4.74 Å². The van der Waals surface area contributed by atoms with Crippen LogP contribution in [0.15, 0.2) is 42.5 Å². The van der Waals surface area contributed by atoms with E-state index in [1.54, 1.807) is 24.3 Å². The number of esters is 1. The van der Waals surface area contributed by atoms with Crippen molar-refractivity contribution < 1.29 is 14.3 Å². The fourth-order valence-electron chi connectivity index (χ4n) is 2.04. The number of ether oxygens (including phenoxy) is 1. The predicted octanol–water partition coefficient (Wildman–Crippen LogP) is 2.77. The third-order valence-corrected chi connectivity index (χ3v) is 3.01. The van der Waals surface area contributed by atoms with Crippen molar-refractivity contribution in [3.8, 4) is 0 Å². The van der Waals surface area contributed by atoms with Gasteiger partial charge in [-0.2, -0.15) is 0 Å². The molecule has 1 fully saturated rings. The molecule has 3 heteroatoms. The smallest absolute Gasteiger partial charge is 0.338 e. The molecule has 1 atom stereocenters. The zero-order valence-corrected chi connectivity index (χ0v) is 10.2. The Balaban J connectivity index is 1.74. The van der Waals surface area contributed by atoms with Crippen LogP contribution in [0.5, 0.6) is 0 Å². The maximum Gasteiger partial charge on any atom is 0.338 e. The van der Waals surface area contributed by atoms with E-state index in [2.05, 4.69) is 0 Å². The molecule has 1 aliphatic rings. The highest BCUT2D eigenvalue weighted by molar-refractivity contribution is 5.89. The highest BCUT2D eigenvalue weighted by atomic mass is 16.5. The first-order chi connectivity index (χ1) is 8.75. The molecular weight excluding hydrogens is 228 g/mol. The van der Waals surface area contributed by atoms with Crippen LogP contribution in [0.3, 0.4) is 0 Å². The molecule has 0 amide bonds. The highest BCUT2D eigenvalue weighted by Gasteiger charge is 2.19. The molecule has 1 unspecified atom stereocenters. The third-order valence-electron chi connectivity index (χ3n) is 3.01. The minimum atomic E-state index is -0.317. The molecule has 94 valence electrons. The molecule has 2 rings (SSSR count). The first-order valence-corrected chi connectivity index (χ1v) is 6.16. The quantitative estimate of drug-likeness (QED) is 0.604. The summed E-state index contributed by atoms with van der Waals surface area (Å²) >= 11 is 0. The van der Waals surface area contributed by atoms with Gasteiger partial charge in [0, 0.05) is 12.8 Å². The van der Waals surface area contributed by atoms with Gasteiger partial charge in [0.15, 0.2) is 0 Å². The van der Waals surface area contributed by atoms with Gasteiger partial charge in [-0.15, -0.1) is 0 Å². The zero-order chi connectivity index (χ0) is 12.8. The largest absolute Gasteiger partial charge is 0.458 e. The van der Waals surface area contributed by atoms with E-state index in [9.17, 15) is 9.59 Å². The molecular formula is C15H16O3. The van der Waals surface area contributed by atoms with Gasteiger partial charge in [0.05, 0.1) is 5.56 Å². The average Bonchev–Trinajstić information content (AvgIpc) is 2.81. The van der Waals surface area contributed by atoms with Crippen molar-refractivity contribution in [1.29, 1.82) is 0 Å². The van der Waals surface area contributed by atoms with Gasteiger partial charge in [-0.25, -0.2) is 4.79 Å². The van der Waals surface area contributed by atoms with Crippen LogP contribution in [0.2, 0.25) is 0 Å². The lowest BCUT2D eigenvalue weighted by molar-refractivity contribution is -0.117. The molecule has 0 heterocycles. The summed E-state index contributed by atoms with van der Waals surface area (Å²) in [6.45, 7) is 0.262. The van der Waals surface area contributed by atoms with E-state index in [1.807, 2.05) is 18.2 Å². The van der Waals surface area contributed by atoms with Gasteiger partial charge in [0.25, 0.3) is 0 Å². The summed E-state index contributed by atoms with van der Waals surface area (Å²) in [5.41, 5.74) is 0.557. The minimum absolute atomic E-state index is 0.262. The van der Waals surface area contributed by atoms with Gasteiger partial charge in [-0.1, -0.05) is 30.4 Å². The Labute approximate surface area is 106 Å². The Hall–Kier alpha value is -1.90. The fraction of sp³-hybridized carbons (Fsp3) is 0.333. The standard InChI is InChI=1S/C15H16O3/c16-14-9-8-12(11-14)5-4-10-18-15(17)13-6-2-1-3-7-13/h1-7,12H,8-11H2/b5-4+. The molecule has 3 nitrogen and oxygen atoms in total. The second kappa shape index (κ2) is 6.15. The van der Waals surface area contributed by atoms with E-state index in [1.165, 1.54) is 0 Å². The summed E-state index contributed by atoms with van der Waals surface area (Å²) < 4.78 is 5.10. The Morgan fingerprint density at radius 2 is 2.11 bits per heavy atom. The molecule has 0 radical (unpaired) electrons. The average molecular weight is 244 g/mol. The van der Waals surface area contributed by atoms with Gasteiger partial charge < -0.3 is 4.74 Å². The first-order valence-electron chi connectivity index (χ1n) is 6.16. The van der Waals surface area contributed by atoms with Gasteiger partial charge in [0.1, 0.15) is 12.4 Å². The molecule has 1 saturated carbocycles. The Bertz CT molecular complexity index is 448. The number of carbonyl (C=O) groups excluding carboxylic acids is 2. The Kier molecular flexibility index (Phi) is 4.29. The zero-order valence-electron chi connectivity index (χ0n) is 10.2. The lowest BCUT2D eigenvalue weighted by Crippen LogP contribution is -2.04. The van der Waals surface area contributed by atoms with E-state index < -0.39 is 0 Å². The summed E-state index contributed by atoms with van der Waals surface area (Å²) in [4.78, 5) is 22.6. The molecule has 0 aliphatic heterocycles. The Morgan fingerprint density at radius 1 is 1.33 bits per heavy atom. The minimum Gasteiger partial charge on any atom is -0.458 e. The SMILES string of the molecule is O=C1CCC(/C=C/COC(=O)c2ccccc2)C1. The number of hydrogen-bond donors (Lipinski definition) is 0. The second-order valence-electron chi connectivity index (χ2n) is 4.43. The summed E-state index contributed by atoms with van der Waals surface area (Å²) in [6.07, 6.45) is 6.02. The van der Waals surface area contributed by atoms with Gasteiger partial charge in [-0.3, -0.25) is 4.79 Å². The van der Waals surface area contributed by atoms with E-state index >= 15 is 0 Å². The van der Waals surface area contributed by atoms with Crippen LogP contribution in [-0.4, -0.2) is 18.4 Å². The van der Waals surface area contributed by atoms with Gasteiger partial charge in [0.2, 0.25) is 0 Å². The van der Waals surface area contributed by atoms with Crippen molar-refractivity contribution in [3.63, 3.8) is 0 Å². The van der Waals surface area contributed by atoms with Gasteiger partial charge in [-0.05, 0) is 24.5 Å². The summed E-state index contributed by atoms with van der Waals surface area (Å²) in [5.74, 6) is 0.335. The third kappa shape index (κ3) is 3.55. The number of rotatable bonds is 4. The molecule has 0 saturated heterocycles. The molecule has 0 bridgehead atoms. The van der Waals surface area contributed by atoms with Crippen molar-refractivity contribution in [2.75, 3.05) is 6.61 Å². The summed E-state index contributed by atoms with van der Waals surface area (Å²) in [6, 6.07) is 8.91. The molecule has 1 aliphatic carbocycles. The number of Topliss-reactive ketones (excluding diaryl/α,β-unsaturated/α-hetero) is 1. The molecule has 0 spiro atoms. The van der Waals surface area contributed by atoms with Gasteiger partial charge >= 0.3 is 5.97 Å². The second-order valence-corrected chi connectivity index (χ2v) is 4.43. The molecule has 18 heavy (non-hydrogen) atoms. The maximum atomic E-state index is 11.6. The molecule has 1 aromatic carbocycles. The lowest BCUT2D eigenvalue weighted by atomic mass is 10.1. The maximum absolute atomic E-state index is 11.6. The number of ketones is 1. The number of allylic oxidation sites excluding steroid dienone is 1. The van der Waals surface area contributed by atoms with Crippen LogP contribution in [0.1, 0.15) is 29.6 Å². The first kappa shape index (κ1) is 12.6. The van der Waals surface area contributed by atoms with E-state index in [0.717, 1.165) is 6.42 Å². The molecule has 0 aromatic heterocycles. The lowest BCUT2D eigenvalue weighted by Gasteiger charge is -2.02. The van der Waals surface area contributed by atoms with Crippen LogP contribution in [0.4, 0.5) is 0 Å². The summed E-state index contributed by atoms with van der Waals surface area (Å²) in [7, 11) is 0. The summed E-state index contributed by atoms with van der Waals surface area (Å²) in [5, 5.41) is 0. The molecule has 1 aromatic rings. The van der Waals surface area contributed by atoms with Crippen LogP contribution >= 0.6 is 0 Å². The van der Waals surface area contributed by atoms with Crippen molar-refractivity contribution in [2.24, 2.45) is 5.92 Å². The molecule has 0 N–H and O–H groups in total. The Morgan fingerprint density at radius 3 is 2.78 bits per heavy atom. The van der Waals surface area contributed by atoms with Crippen LogP contribution in [0, 0.1) is 5.92 Å². The topological polar surface area (TPSA) is 43.4 Å². The van der Waals surface area contributed by atoms with E-state index in [0.29, 0.717) is 30.1 Å². The predicted molar refractivity (Wildman–Crippen MR) is 68.2 cm³/mol. The van der Waals surface area contributed by atoms with Crippen molar-refractivity contribution in [1.82, 2.24) is 0 Å². The van der Waals surface area contributed by atoms with Crippen LogP contribution < -0.4 is 0 Å². The van der Waals surface area contributed by atoms with Crippen molar-refractivity contribution in [2.45, 2.75) is 19.3 Å². The fourth-order valence-corrected chi connectivity index (χ4v) is 2.04. The number of hydrogen-bond acceptors (Lipinski definition) is 3. The highest BCUT2D eigenvalue weighted by Crippen LogP contribution is 2.22. The normalized spacial score (nSPS) is 19.3. The number of benzene rings is 1. The van der Waals surface area contributed by atoms with E-state index in [-0.39, 0.29) is 12.6 Å².